The first-order valence-electron chi connectivity index (χ1n) is 12.7. The second-order valence-electron chi connectivity index (χ2n) is 11.7. The molecule has 4 aliphatic rings. The molecule has 4 saturated carbocycles. The molecule has 1 N–H and O–H groups in total. The fourth-order valence-corrected chi connectivity index (χ4v) is 9.14. The van der Waals surface area contributed by atoms with E-state index in [1.54, 1.807) is 0 Å². The lowest BCUT2D eigenvalue weighted by Crippen LogP contribution is -2.59. The maximum Gasteiger partial charge on any atom is 0.303 e. The fourth-order valence-electron chi connectivity index (χ4n) is 9.14. The van der Waals surface area contributed by atoms with Crippen molar-refractivity contribution in [2.45, 2.75) is 97.2 Å². The van der Waals surface area contributed by atoms with Crippen LogP contribution in [0.25, 0.3) is 0 Å². The summed E-state index contributed by atoms with van der Waals surface area (Å²) in [4.78, 5) is 33.6. The first-order chi connectivity index (χ1) is 15.3. The highest BCUT2D eigenvalue weighted by Crippen LogP contribution is 2.68. The Bertz CT molecular complexity index is 723. The Morgan fingerprint density at radius 2 is 1.78 bits per heavy atom. The van der Waals surface area contributed by atoms with Crippen LogP contribution in [-0.2, 0) is 23.9 Å². The van der Waals surface area contributed by atoms with Gasteiger partial charge in [-0.25, -0.2) is 0 Å². The summed E-state index contributed by atoms with van der Waals surface area (Å²) in [5.74, 6) is 2.18. The van der Waals surface area contributed by atoms with E-state index in [-0.39, 0.29) is 29.5 Å². The largest absolute Gasteiger partial charge is 0.481 e. The molecule has 0 aromatic carbocycles. The first kappa shape index (κ1) is 23.6. The maximum atomic E-state index is 11.6. The van der Waals surface area contributed by atoms with Crippen LogP contribution in [0.2, 0.25) is 0 Å². The van der Waals surface area contributed by atoms with Gasteiger partial charge in [-0.3, -0.25) is 14.4 Å². The van der Waals surface area contributed by atoms with Crippen molar-refractivity contribution in [3.8, 4) is 0 Å². The minimum Gasteiger partial charge on any atom is -0.481 e. The monoisotopic (exact) mass is 448 g/mol. The molecule has 0 amide bonds. The van der Waals surface area contributed by atoms with E-state index >= 15 is 0 Å². The molecule has 6 nitrogen and oxygen atoms in total. The average Bonchev–Trinajstić information content (AvgIpc) is 3.11. The number of fused-ring (bicyclic) bond motifs is 5. The van der Waals surface area contributed by atoms with Gasteiger partial charge in [0.2, 0.25) is 0 Å². The van der Waals surface area contributed by atoms with Crippen LogP contribution in [0.15, 0.2) is 0 Å². The third-order valence-electron chi connectivity index (χ3n) is 10.7. The molecule has 0 aromatic rings. The molecule has 4 rings (SSSR count). The highest BCUT2D eigenvalue weighted by atomic mass is 16.5. The Morgan fingerprint density at radius 1 is 1.03 bits per heavy atom. The molecule has 10 atom stereocenters. The third kappa shape index (κ3) is 3.75. The van der Waals surface area contributed by atoms with E-state index in [0.29, 0.717) is 54.9 Å². The number of hydrogen-bond acceptors (Lipinski definition) is 5. The number of carbonyl (C=O) groups excluding carboxylic acids is 2. The number of hydrogen-bond donors (Lipinski definition) is 1. The predicted molar refractivity (Wildman–Crippen MR) is 119 cm³/mol. The Hall–Kier alpha value is -1.59. The van der Waals surface area contributed by atoms with Crippen molar-refractivity contribution in [2.75, 3.05) is 0 Å². The van der Waals surface area contributed by atoms with Crippen molar-refractivity contribution in [1.29, 1.82) is 0 Å². The molecule has 32 heavy (non-hydrogen) atoms. The summed E-state index contributed by atoms with van der Waals surface area (Å²) in [5, 5.41) is 9.18. The zero-order valence-corrected chi connectivity index (χ0v) is 19.8. The molecule has 4 aliphatic carbocycles. The zero-order chi connectivity index (χ0) is 23.1. The van der Waals surface area contributed by atoms with Crippen molar-refractivity contribution in [2.24, 2.45) is 46.3 Å². The number of carboxylic acid groups (broad SMARTS) is 1. The SMILES string of the molecule is CC(CCC(=O)O)C1CCC2C3CCC4CC(OC=O)CCC4(C)C3CC(OC=O)C12C. The van der Waals surface area contributed by atoms with Gasteiger partial charge in [-0.2, -0.15) is 0 Å². The van der Waals surface area contributed by atoms with Gasteiger partial charge >= 0.3 is 5.97 Å². The highest BCUT2D eigenvalue weighted by molar-refractivity contribution is 5.66. The Labute approximate surface area is 191 Å². The molecule has 4 fully saturated rings. The Kier molecular flexibility index (Phi) is 6.61. The molecule has 0 radical (unpaired) electrons. The summed E-state index contributed by atoms with van der Waals surface area (Å²) >= 11 is 0. The highest BCUT2D eigenvalue weighted by Gasteiger charge is 2.64. The number of rotatable bonds is 8. The van der Waals surface area contributed by atoms with E-state index in [1.807, 2.05) is 0 Å². The van der Waals surface area contributed by atoms with Crippen molar-refractivity contribution < 1.29 is 29.0 Å². The van der Waals surface area contributed by atoms with Gasteiger partial charge in [-0.1, -0.05) is 20.8 Å². The summed E-state index contributed by atoms with van der Waals surface area (Å²) in [7, 11) is 0. The molecule has 180 valence electrons. The smallest absolute Gasteiger partial charge is 0.303 e. The molecule has 6 heteroatoms. The maximum absolute atomic E-state index is 11.6. The van der Waals surface area contributed by atoms with E-state index in [4.69, 9.17) is 9.47 Å². The second kappa shape index (κ2) is 8.98. The lowest BCUT2D eigenvalue weighted by molar-refractivity contribution is -0.190. The van der Waals surface area contributed by atoms with Gasteiger partial charge in [0.1, 0.15) is 12.2 Å². The van der Waals surface area contributed by atoms with E-state index in [0.717, 1.165) is 38.5 Å². The van der Waals surface area contributed by atoms with Gasteiger partial charge in [0.15, 0.2) is 0 Å². The summed E-state index contributed by atoms with van der Waals surface area (Å²) in [5.41, 5.74) is 0.117. The van der Waals surface area contributed by atoms with Crippen LogP contribution in [-0.4, -0.2) is 36.2 Å². The van der Waals surface area contributed by atoms with Gasteiger partial charge in [0.25, 0.3) is 12.9 Å². The van der Waals surface area contributed by atoms with Crippen LogP contribution in [0.3, 0.4) is 0 Å². The molecule has 0 aromatic heterocycles. The van der Waals surface area contributed by atoms with Crippen molar-refractivity contribution in [3.63, 3.8) is 0 Å². The molecular formula is C26H40O6. The van der Waals surface area contributed by atoms with E-state index < -0.39 is 5.97 Å². The van der Waals surface area contributed by atoms with Gasteiger partial charge in [-0.05, 0) is 98.7 Å². The van der Waals surface area contributed by atoms with Gasteiger partial charge < -0.3 is 14.6 Å². The van der Waals surface area contributed by atoms with Crippen molar-refractivity contribution >= 4 is 18.9 Å². The molecular weight excluding hydrogens is 408 g/mol. The fraction of sp³-hybridized carbons (Fsp3) is 0.885. The quantitative estimate of drug-likeness (QED) is 0.535. The van der Waals surface area contributed by atoms with E-state index in [1.165, 1.54) is 12.8 Å². The molecule has 0 spiro atoms. The summed E-state index contributed by atoms with van der Waals surface area (Å²) in [6.07, 6.45) is 9.29. The van der Waals surface area contributed by atoms with Gasteiger partial charge in [0, 0.05) is 11.8 Å². The summed E-state index contributed by atoms with van der Waals surface area (Å²) in [6.45, 7) is 8.21. The number of carboxylic acids is 1. The van der Waals surface area contributed by atoms with Crippen LogP contribution >= 0.6 is 0 Å². The van der Waals surface area contributed by atoms with Crippen LogP contribution in [0.5, 0.6) is 0 Å². The van der Waals surface area contributed by atoms with Crippen LogP contribution < -0.4 is 0 Å². The average molecular weight is 449 g/mol. The zero-order valence-electron chi connectivity index (χ0n) is 19.8. The molecule has 0 saturated heterocycles. The first-order valence-corrected chi connectivity index (χ1v) is 12.7. The Balaban J connectivity index is 1.59. The molecule has 10 unspecified atom stereocenters. The summed E-state index contributed by atoms with van der Waals surface area (Å²) < 4.78 is 11.2. The van der Waals surface area contributed by atoms with Crippen LogP contribution in [0.4, 0.5) is 0 Å². The standard InChI is InChI=1S/C26H40O6/c1-16(4-9-24(29)30)20-7-8-21-19-6-5-17-12-18(31-14-27)10-11-25(17,2)22(19)13-23(32-15-28)26(20,21)3/h14-23H,4-13H2,1-3H3,(H,29,30). The van der Waals surface area contributed by atoms with Crippen LogP contribution in [0, 0.1) is 46.3 Å². The summed E-state index contributed by atoms with van der Waals surface area (Å²) in [6, 6.07) is 0. The van der Waals surface area contributed by atoms with E-state index in [2.05, 4.69) is 20.8 Å². The van der Waals surface area contributed by atoms with Gasteiger partial charge in [-0.15, -0.1) is 0 Å². The third-order valence-corrected chi connectivity index (χ3v) is 10.7. The number of carbonyl (C=O) groups is 3. The predicted octanol–water partition coefficient (Wildman–Crippen LogP) is 4.84. The number of aliphatic carboxylic acids is 1. The lowest BCUT2D eigenvalue weighted by atomic mass is 9.43. The van der Waals surface area contributed by atoms with Crippen LogP contribution in [0.1, 0.15) is 85.0 Å². The van der Waals surface area contributed by atoms with Crippen molar-refractivity contribution in [3.05, 3.63) is 0 Å². The molecule has 0 aliphatic heterocycles. The van der Waals surface area contributed by atoms with E-state index in [9.17, 15) is 19.5 Å². The van der Waals surface area contributed by atoms with Gasteiger partial charge in [0.05, 0.1) is 0 Å². The normalized spacial score (nSPS) is 46.2. The second-order valence-corrected chi connectivity index (χ2v) is 11.7. The number of ether oxygens (including phenoxy) is 2. The Morgan fingerprint density at radius 3 is 2.47 bits per heavy atom. The lowest BCUT2D eigenvalue weighted by Gasteiger charge is -2.62. The molecule has 0 bridgehead atoms. The van der Waals surface area contributed by atoms with Crippen molar-refractivity contribution in [1.82, 2.24) is 0 Å². The minimum absolute atomic E-state index is 0.0453. The minimum atomic E-state index is -0.735. The molecule has 0 heterocycles. The topological polar surface area (TPSA) is 89.9 Å².